The third kappa shape index (κ3) is 5.90. The molecular weight excluding hydrogens is 438 g/mol. The molecule has 8 heteroatoms. The molecular formula is C26H29NO7. The zero-order valence-electron chi connectivity index (χ0n) is 19.7. The molecule has 180 valence electrons. The molecule has 0 aliphatic rings. The Morgan fingerprint density at radius 1 is 0.824 bits per heavy atom. The van der Waals surface area contributed by atoms with Gasteiger partial charge in [0.2, 0.25) is 5.75 Å². The van der Waals surface area contributed by atoms with E-state index in [1.807, 2.05) is 30.3 Å². The monoisotopic (exact) mass is 467 g/mol. The molecule has 3 rings (SSSR count). The molecule has 3 aromatic carbocycles. The summed E-state index contributed by atoms with van der Waals surface area (Å²) in [6, 6.07) is 18.0. The minimum Gasteiger partial charge on any atom is -0.493 e. The van der Waals surface area contributed by atoms with Crippen LogP contribution < -0.4 is 29.0 Å². The maximum absolute atomic E-state index is 12.7. The molecule has 0 bridgehead atoms. The predicted molar refractivity (Wildman–Crippen MR) is 127 cm³/mol. The van der Waals surface area contributed by atoms with Gasteiger partial charge >= 0.3 is 0 Å². The van der Waals surface area contributed by atoms with E-state index in [-0.39, 0.29) is 12.5 Å². The first-order chi connectivity index (χ1) is 16.5. The lowest BCUT2D eigenvalue weighted by Gasteiger charge is -2.18. The Morgan fingerprint density at radius 2 is 1.47 bits per heavy atom. The lowest BCUT2D eigenvalue weighted by molar-refractivity contribution is 0.0915. The van der Waals surface area contributed by atoms with Crippen LogP contribution in [-0.2, 0) is 6.61 Å². The van der Waals surface area contributed by atoms with Crippen LogP contribution in [0.3, 0.4) is 0 Å². The van der Waals surface area contributed by atoms with Crippen molar-refractivity contribution >= 4 is 5.91 Å². The summed E-state index contributed by atoms with van der Waals surface area (Å²) in [5.41, 5.74) is 1.91. The zero-order chi connectivity index (χ0) is 24.5. The van der Waals surface area contributed by atoms with Gasteiger partial charge in [-0.05, 0) is 41.5 Å². The van der Waals surface area contributed by atoms with Gasteiger partial charge in [-0.25, -0.2) is 0 Å². The summed E-state index contributed by atoms with van der Waals surface area (Å²) in [5, 5.41) is 13.4. The maximum Gasteiger partial charge on any atom is 0.251 e. The number of methoxy groups -OCH3 is 4. The third-order valence-corrected chi connectivity index (χ3v) is 5.19. The summed E-state index contributed by atoms with van der Waals surface area (Å²) in [6.45, 7) is 0.357. The molecule has 1 amide bonds. The highest BCUT2D eigenvalue weighted by Crippen LogP contribution is 2.39. The highest BCUT2D eigenvalue weighted by Gasteiger charge is 2.19. The molecule has 0 aliphatic heterocycles. The van der Waals surface area contributed by atoms with Crippen molar-refractivity contribution in [2.45, 2.75) is 12.7 Å². The third-order valence-electron chi connectivity index (χ3n) is 5.19. The van der Waals surface area contributed by atoms with E-state index in [1.54, 1.807) is 30.3 Å². The van der Waals surface area contributed by atoms with Gasteiger partial charge in [0.1, 0.15) is 6.61 Å². The van der Waals surface area contributed by atoms with E-state index in [4.69, 9.17) is 23.7 Å². The number of aliphatic hydroxyl groups excluding tert-OH is 1. The van der Waals surface area contributed by atoms with Crippen molar-refractivity contribution in [1.82, 2.24) is 5.32 Å². The molecule has 0 aliphatic carbocycles. The maximum atomic E-state index is 12.7. The Kier molecular flexibility index (Phi) is 8.59. The average molecular weight is 468 g/mol. The van der Waals surface area contributed by atoms with E-state index in [9.17, 15) is 9.90 Å². The number of carbonyl (C=O) groups is 1. The van der Waals surface area contributed by atoms with E-state index >= 15 is 0 Å². The molecule has 1 atom stereocenters. The number of benzene rings is 3. The van der Waals surface area contributed by atoms with Crippen LogP contribution in [0.15, 0.2) is 60.7 Å². The topological polar surface area (TPSA) is 95.5 Å². The van der Waals surface area contributed by atoms with Gasteiger partial charge in [-0.2, -0.15) is 0 Å². The van der Waals surface area contributed by atoms with Gasteiger partial charge in [0.25, 0.3) is 5.91 Å². The highest BCUT2D eigenvalue weighted by molar-refractivity contribution is 5.94. The van der Waals surface area contributed by atoms with Crippen molar-refractivity contribution in [3.8, 4) is 28.7 Å². The molecule has 0 aromatic heterocycles. The molecule has 8 nitrogen and oxygen atoms in total. The molecule has 2 N–H and O–H groups in total. The van der Waals surface area contributed by atoms with Gasteiger partial charge < -0.3 is 34.1 Å². The minimum atomic E-state index is -0.993. The molecule has 0 spiro atoms. The van der Waals surface area contributed by atoms with Crippen LogP contribution in [0.5, 0.6) is 28.7 Å². The molecule has 34 heavy (non-hydrogen) atoms. The van der Waals surface area contributed by atoms with E-state index in [2.05, 4.69) is 5.32 Å². The number of rotatable bonds is 11. The lowest BCUT2D eigenvalue weighted by Crippen LogP contribution is -2.28. The first-order valence-electron chi connectivity index (χ1n) is 10.6. The van der Waals surface area contributed by atoms with E-state index < -0.39 is 6.10 Å². The summed E-state index contributed by atoms with van der Waals surface area (Å²) in [7, 11) is 6.01. The van der Waals surface area contributed by atoms with Crippen LogP contribution in [0.4, 0.5) is 0 Å². The number of nitrogens with one attached hydrogen (secondary N) is 1. The van der Waals surface area contributed by atoms with E-state index in [0.717, 1.165) is 5.56 Å². The second-order valence-electron chi connectivity index (χ2n) is 7.32. The van der Waals surface area contributed by atoms with E-state index in [0.29, 0.717) is 46.5 Å². The van der Waals surface area contributed by atoms with Gasteiger partial charge in [0.05, 0.1) is 34.5 Å². The largest absolute Gasteiger partial charge is 0.493 e. The second kappa shape index (κ2) is 11.8. The van der Waals surface area contributed by atoms with Gasteiger partial charge in [-0.3, -0.25) is 4.79 Å². The fourth-order valence-corrected chi connectivity index (χ4v) is 3.37. The van der Waals surface area contributed by atoms with Crippen molar-refractivity contribution < 1.29 is 33.6 Å². The summed E-state index contributed by atoms with van der Waals surface area (Å²) in [5.74, 6) is 1.86. The highest BCUT2D eigenvalue weighted by atomic mass is 16.5. The Labute approximate surface area is 199 Å². The molecule has 0 saturated heterocycles. The normalized spacial score (nSPS) is 11.3. The smallest absolute Gasteiger partial charge is 0.251 e. The minimum absolute atomic E-state index is 0.0218. The number of carbonyl (C=O) groups excluding carboxylic acids is 1. The standard InChI is InChI=1S/C26H29NO7/c1-30-22-12-18(10-11-21(22)34-16-17-8-6-5-7-9-17)26(29)27-15-20(28)19-13-23(31-2)25(33-4)24(14-19)32-3/h5-14,20,28H,15-16H2,1-4H3,(H,27,29). The first kappa shape index (κ1) is 24.7. The summed E-state index contributed by atoms with van der Waals surface area (Å²) >= 11 is 0. The number of hydrogen-bond donors (Lipinski definition) is 2. The van der Waals surface area contributed by atoms with Crippen molar-refractivity contribution in [3.05, 3.63) is 77.4 Å². The number of ether oxygens (including phenoxy) is 5. The van der Waals surface area contributed by atoms with Crippen molar-refractivity contribution in [3.63, 3.8) is 0 Å². The quantitative estimate of drug-likeness (QED) is 0.443. The van der Waals surface area contributed by atoms with Crippen molar-refractivity contribution in [1.29, 1.82) is 0 Å². The fourth-order valence-electron chi connectivity index (χ4n) is 3.37. The van der Waals surface area contributed by atoms with Crippen LogP contribution in [0.2, 0.25) is 0 Å². The van der Waals surface area contributed by atoms with Gasteiger partial charge in [-0.1, -0.05) is 30.3 Å². The van der Waals surface area contributed by atoms with Crippen LogP contribution >= 0.6 is 0 Å². The van der Waals surface area contributed by atoms with Crippen molar-refractivity contribution in [2.24, 2.45) is 0 Å². The van der Waals surface area contributed by atoms with Gasteiger partial charge in [-0.15, -0.1) is 0 Å². The number of hydrogen-bond acceptors (Lipinski definition) is 7. The van der Waals surface area contributed by atoms with Gasteiger partial charge in [0.15, 0.2) is 23.0 Å². The summed E-state index contributed by atoms with van der Waals surface area (Å²) in [6.07, 6.45) is -0.993. The Hall–Kier alpha value is -3.91. The Bertz CT molecular complexity index is 1080. The molecule has 0 fully saturated rings. The zero-order valence-corrected chi connectivity index (χ0v) is 19.7. The van der Waals surface area contributed by atoms with Crippen molar-refractivity contribution in [2.75, 3.05) is 35.0 Å². The molecule has 3 aromatic rings. The fraction of sp³-hybridized carbons (Fsp3) is 0.269. The molecule has 0 radical (unpaired) electrons. The predicted octanol–water partition coefficient (Wildman–Crippen LogP) is 3.76. The Balaban J connectivity index is 1.66. The summed E-state index contributed by atoms with van der Waals surface area (Å²) < 4.78 is 27.2. The lowest BCUT2D eigenvalue weighted by atomic mass is 10.1. The van der Waals surface area contributed by atoms with Crippen LogP contribution in [-0.4, -0.2) is 46.0 Å². The second-order valence-corrected chi connectivity index (χ2v) is 7.32. The summed E-state index contributed by atoms with van der Waals surface area (Å²) in [4.78, 5) is 12.7. The van der Waals surface area contributed by atoms with Crippen LogP contribution in [0.25, 0.3) is 0 Å². The number of aliphatic hydroxyl groups is 1. The SMILES string of the molecule is COc1cc(C(=O)NCC(O)c2cc(OC)c(OC)c(OC)c2)ccc1OCc1ccccc1. The van der Waals surface area contributed by atoms with Crippen LogP contribution in [0, 0.1) is 0 Å². The number of amides is 1. The average Bonchev–Trinajstić information content (AvgIpc) is 2.89. The Morgan fingerprint density at radius 3 is 2.06 bits per heavy atom. The first-order valence-corrected chi connectivity index (χ1v) is 10.6. The molecule has 0 heterocycles. The van der Waals surface area contributed by atoms with Gasteiger partial charge in [0, 0.05) is 12.1 Å². The van der Waals surface area contributed by atoms with Crippen LogP contribution in [0.1, 0.15) is 27.6 Å². The molecule has 0 saturated carbocycles. The molecule has 1 unspecified atom stereocenters. The van der Waals surface area contributed by atoms with E-state index in [1.165, 1.54) is 28.4 Å².